The molecule has 0 atom stereocenters. The maximum absolute atomic E-state index is 5.25. The fourth-order valence-electron chi connectivity index (χ4n) is 1.70. The highest BCUT2D eigenvalue weighted by Crippen LogP contribution is 2.21. The van der Waals surface area contributed by atoms with Gasteiger partial charge in [-0.1, -0.05) is 0 Å². The summed E-state index contributed by atoms with van der Waals surface area (Å²) in [6.45, 7) is 0. The summed E-state index contributed by atoms with van der Waals surface area (Å²) in [6.07, 6.45) is 3.69. The van der Waals surface area contributed by atoms with E-state index in [4.69, 9.17) is 4.74 Å². The molecule has 0 aliphatic rings. The van der Waals surface area contributed by atoms with Gasteiger partial charge in [0.15, 0.2) is 17.0 Å². The third kappa shape index (κ3) is 1.08. The Morgan fingerprint density at radius 2 is 2.13 bits per heavy atom. The number of hydrogen-bond donors (Lipinski definition) is 0. The minimum atomic E-state index is 0.760. The van der Waals surface area contributed by atoms with Crippen LogP contribution >= 0.6 is 0 Å². The van der Waals surface area contributed by atoms with E-state index in [2.05, 4.69) is 9.97 Å². The van der Waals surface area contributed by atoms with Gasteiger partial charge in [0.2, 0.25) is 0 Å². The lowest BCUT2D eigenvalue weighted by Gasteiger charge is -2.00. The first-order chi connectivity index (χ1) is 7.40. The lowest BCUT2D eigenvalue weighted by atomic mass is 10.4. The lowest BCUT2D eigenvalue weighted by Crippen LogP contribution is -1.90. The van der Waals surface area contributed by atoms with E-state index in [0.717, 1.165) is 22.6 Å². The Hall–Kier alpha value is -2.10. The smallest absolute Gasteiger partial charge is 0.181 e. The molecule has 0 unspecified atom stereocenters. The summed E-state index contributed by atoms with van der Waals surface area (Å²) in [7, 11) is 1.64. The van der Waals surface area contributed by atoms with Gasteiger partial charge in [-0.05, 0) is 24.3 Å². The van der Waals surface area contributed by atoms with Gasteiger partial charge in [-0.15, -0.1) is 0 Å². The minimum absolute atomic E-state index is 0.760. The van der Waals surface area contributed by atoms with Gasteiger partial charge in [0.05, 0.1) is 7.11 Å². The van der Waals surface area contributed by atoms with Crippen LogP contribution in [0, 0.1) is 0 Å². The molecule has 0 saturated carbocycles. The van der Waals surface area contributed by atoms with Gasteiger partial charge in [0.1, 0.15) is 5.52 Å². The first kappa shape index (κ1) is 8.23. The Balaban J connectivity index is 2.53. The highest BCUT2D eigenvalue weighted by molar-refractivity contribution is 5.78. The molecule has 0 bridgehead atoms. The summed E-state index contributed by atoms with van der Waals surface area (Å²) in [5, 5.41) is 0. The van der Waals surface area contributed by atoms with Gasteiger partial charge in [0, 0.05) is 12.4 Å². The Labute approximate surface area is 86.1 Å². The molecule has 0 aromatic carbocycles. The van der Waals surface area contributed by atoms with Crippen molar-refractivity contribution in [1.29, 1.82) is 0 Å². The largest absolute Gasteiger partial charge is 0.493 e. The number of imidazole rings is 1. The number of hydrogen-bond acceptors (Lipinski definition) is 3. The van der Waals surface area contributed by atoms with Gasteiger partial charge < -0.3 is 4.74 Å². The van der Waals surface area contributed by atoms with Crippen molar-refractivity contribution >= 4 is 16.8 Å². The summed E-state index contributed by atoms with van der Waals surface area (Å²) < 4.78 is 7.17. The molecule has 15 heavy (non-hydrogen) atoms. The molecule has 0 fully saturated rings. The fraction of sp³-hybridized carbons (Fsp3) is 0.0909. The number of fused-ring (bicyclic) bond motifs is 3. The summed E-state index contributed by atoms with van der Waals surface area (Å²) in [5.41, 5.74) is 2.53. The molecule has 0 amide bonds. The van der Waals surface area contributed by atoms with E-state index in [1.807, 2.05) is 34.9 Å². The average molecular weight is 199 g/mol. The van der Waals surface area contributed by atoms with Gasteiger partial charge in [-0.2, -0.15) is 0 Å². The molecule has 3 aromatic rings. The van der Waals surface area contributed by atoms with Crippen LogP contribution in [0.15, 0.2) is 36.7 Å². The summed E-state index contributed by atoms with van der Waals surface area (Å²) in [6, 6.07) is 7.62. The van der Waals surface area contributed by atoms with E-state index in [9.17, 15) is 0 Å². The predicted octanol–water partition coefficient (Wildman–Crippen LogP) is 1.89. The van der Waals surface area contributed by atoms with Crippen molar-refractivity contribution in [2.75, 3.05) is 7.11 Å². The molecule has 3 heterocycles. The second kappa shape index (κ2) is 2.95. The molecule has 3 aromatic heterocycles. The van der Waals surface area contributed by atoms with Crippen molar-refractivity contribution in [2.45, 2.75) is 0 Å². The second-order valence-electron chi connectivity index (χ2n) is 3.23. The number of methoxy groups -OCH3 is 1. The molecule has 3 rings (SSSR count). The molecule has 0 aliphatic carbocycles. The van der Waals surface area contributed by atoms with E-state index in [1.54, 1.807) is 13.3 Å². The van der Waals surface area contributed by atoms with Crippen molar-refractivity contribution in [1.82, 2.24) is 14.4 Å². The SMILES string of the molecule is COc1cccn2c1nc1cccnc12. The second-order valence-corrected chi connectivity index (χ2v) is 3.23. The Bertz CT molecular complexity index is 630. The first-order valence-corrected chi connectivity index (χ1v) is 4.66. The third-order valence-electron chi connectivity index (χ3n) is 2.37. The Kier molecular flexibility index (Phi) is 1.62. The normalized spacial score (nSPS) is 11.0. The monoisotopic (exact) mass is 199 g/mol. The van der Waals surface area contributed by atoms with Crippen LogP contribution < -0.4 is 4.74 Å². The number of rotatable bonds is 1. The molecule has 4 nitrogen and oxygen atoms in total. The van der Waals surface area contributed by atoms with E-state index in [1.165, 1.54) is 0 Å². The van der Waals surface area contributed by atoms with Gasteiger partial charge in [0.25, 0.3) is 0 Å². The first-order valence-electron chi connectivity index (χ1n) is 4.66. The van der Waals surface area contributed by atoms with Crippen molar-refractivity contribution in [3.05, 3.63) is 36.7 Å². The van der Waals surface area contributed by atoms with Crippen LogP contribution in [0.3, 0.4) is 0 Å². The summed E-state index contributed by atoms with van der Waals surface area (Å²) in [4.78, 5) is 8.75. The highest BCUT2D eigenvalue weighted by Gasteiger charge is 2.07. The third-order valence-corrected chi connectivity index (χ3v) is 2.37. The zero-order valence-electron chi connectivity index (χ0n) is 8.21. The quantitative estimate of drug-likeness (QED) is 0.600. The summed E-state index contributed by atoms with van der Waals surface area (Å²) >= 11 is 0. The number of ether oxygens (including phenoxy) is 1. The topological polar surface area (TPSA) is 39.4 Å². The standard InChI is InChI=1S/C11H9N3O/c1-15-9-5-3-7-14-10-8(13-11(9)14)4-2-6-12-10/h2-7H,1H3. The molecule has 0 aliphatic heterocycles. The Morgan fingerprint density at radius 1 is 1.20 bits per heavy atom. The van der Waals surface area contributed by atoms with E-state index >= 15 is 0 Å². The van der Waals surface area contributed by atoms with Gasteiger partial charge in [-0.3, -0.25) is 4.40 Å². The molecular weight excluding hydrogens is 190 g/mol. The van der Waals surface area contributed by atoms with Crippen LogP contribution in [0.25, 0.3) is 16.8 Å². The van der Waals surface area contributed by atoms with Crippen LogP contribution in [0.4, 0.5) is 0 Å². The molecular formula is C11H9N3O. The fourth-order valence-corrected chi connectivity index (χ4v) is 1.70. The van der Waals surface area contributed by atoms with Crippen LogP contribution in [0.5, 0.6) is 5.75 Å². The Morgan fingerprint density at radius 3 is 3.00 bits per heavy atom. The van der Waals surface area contributed by atoms with Crippen molar-refractivity contribution in [3.8, 4) is 5.75 Å². The highest BCUT2D eigenvalue weighted by atomic mass is 16.5. The maximum atomic E-state index is 5.25. The van der Waals surface area contributed by atoms with E-state index in [-0.39, 0.29) is 0 Å². The van der Waals surface area contributed by atoms with Crippen molar-refractivity contribution in [3.63, 3.8) is 0 Å². The zero-order chi connectivity index (χ0) is 10.3. The molecule has 0 saturated heterocycles. The lowest BCUT2D eigenvalue weighted by molar-refractivity contribution is 0.417. The van der Waals surface area contributed by atoms with Gasteiger partial charge >= 0.3 is 0 Å². The number of pyridine rings is 2. The van der Waals surface area contributed by atoms with E-state index in [0.29, 0.717) is 0 Å². The van der Waals surface area contributed by atoms with E-state index < -0.39 is 0 Å². The molecule has 4 heteroatoms. The maximum Gasteiger partial charge on any atom is 0.181 e. The average Bonchev–Trinajstić information content (AvgIpc) is 2.67. The number of nitrogens with zero attached hydrogens (tertiary/aromatic N) is 3. The van der Waals surface area contributed by atoms with Gasteiger partial charge in [-0.25, -0.2) is 9.97 Å². The zero-order valence-corrected chi connectivity index (χ0v) is 8.21. The molecule has 0 radical (unpaired) electrons. The summed E-state index contributed by atoms with van der Waals surface area (Å²) in [5.74, 6) is 0.760. The van der Waals surface area contributed by atoms with Crippen LogP contribution in [-0.2, 0) is 0 Å². The van der Waals surface area contributed by atoms with Crippen molar-refractivity contribution < 1.29 is 4.74 Å². The van der Waals surface area contributed by atoms with Crippen LogP contribution in [0.1, 0.15) is 0 Å². The predicted molar refractivity (Wildman–Crippen MR) is 57.0 cm³/mol. The molecule has 0 spiro atoms. The minimum Gasteiger partial charge on any atom is -0.493 e. The van der Waals surface area contributed by atoms with Crippen LogP contribution in [-0.4, -0.2) is 21.5 Å². The molecule has 74 valence electrons. The van der Waals surface area contributed by atoms with Crippen LogP contribution in [0.2, 0.25) is 0 Å². The van der Waals surface area contributed by atoms with Crippen molar-refractivity contribution in [2.24, 2.45) is 0 Å². The number of aromatic nitrogens is 3. The molecule has 0 N–H and O–H groups in total.